The molecule has 1 aliphatic rings. The van der Waals surface area contributed by atoms with E-state index in [2.05, 4.69) is 55.1 Å². The van der Waals surface area contributed by atoms with Crippen LogP contribution in [0.15, 0.2) is 21.9 Å². The number of nitrogens with one attached hydrogen (secondary N) is 1. The molecule has 0 saturated carbocycles. The van der Waals surface area contributed by atoms with Crippen molar-refractivity contribution >= 4 is 17.9 Å². The van der Waals surface area contributed by atoms with Gasteiger partial charge in [0, 0.05) is 18.2 Å². The molecule has 4 rings (SSSR count). The van der Waals surface area contributed by atoms with Gasteiger partial charge in [-0.25, -0.2) is 10.1 Å². The second-order valence-corrected chi connectivity index (χ2v) is 8.60. The Morgan fingerprint density at radius 1 is 1.27 bits per heavy atom. The van der Waals surface area contributed by atoms with E-state index >= 15 is 0 Å². The number of anilines is 1. The maximum atomic E-state index is 13.0. The Balaban J connectivity index is 1.60. The van der Waals surface area contributed by atoms with E-state index in [9.17, 15) is 4.79 Å². The zero-order valence-corrected chi connectivity index (χ0v) is 19.4. The van der Waals surface area contributed by atoms with Gasteiger partial charge in [-0.15, -0.1) is 5.10 Å². The highest BCUT2D eigenvalue weighted by Gasteiger charge is 2.28. The molecule has 2 aromatic heterocycles. The van der Waals surface area contributed by atoms with Gasteiger partial charge < -0.3 is 5.73 Å². The van der Waals surface area contributed by atoms with Crippen LogP contribution >= 0.6 is 0 Å². The first kappa shape index (κ1) is 22.6. The molecule has 11 heteroatoms. The first-order chi connectivity index (χ1) is 15.8. The molecule has 0 bridgehead atoms. The topological polar surface area (TPSA) is 140 Å². The maximum absolute atomic E-state index is 13.0. The summed E-state index contributed by atoms with van der Waals surface area (Å²) in [5.74, 6) is -0.187. The van der Waals surface area contributed by atoms with E-state index in [-0.39, 0.29) is 17.3 Å². The molecule has 3 aromatic rings. The van der Waals surface area contributed by atoms with Crippen molar-refractivity contribution in [2.24, 2.45) is 5.10 Å². The van der Waals surface area contributed by atoms with Crippen molar-refractivity contribution in [1.82, 2.24) is 35.6 Å². The second-order valence-electron chi connectivity index (χ2n) is 8.60. The standard InChI is InChI=1S/C22H29N9O2/c1-13-9-14(2)17(15(3)10-13)11-24-26-22(32)19-18(12-30-8-6-5-7-16(30)4)31(29-25-19)21-20(23)27-33-28-21/h9-11,16H,5-8,12H2,1-4H3,(H2,23,27)(H,26,32). The van der Waals surface area contributed by atoms with Crippen LogP contribution in [-0.4, -0.2) is 54.9 Å². The van der Waals surface area contributed by atoms with Gasteiger partial charge in [0.2, 0.25) is 11.6 Å². The van der Waals surface area contributed by atoms with E-state index in [0.29, 0.717) is 18.3 Å². The molecule has 1 saturated heterocycles. The van der Waals surface area contributed by atoms with E-state index in [4.69, 9.17) is 10.4 Å². The SMILES string of the molecule is Cc1cc(C)c(C=NNC(=O)c2nnn(-c3nonc3N)c2CN2CCCCC2C)c(C)c1. The molecule has 1 fully saturated rings. The number of rotatable bonds is 6. The zero-order valence-electron chi connectivity index (χ0n) is 19.4. The molecular formula is C22H29N9O2. The molecule has 0 radical (unpaired) electrons. The number of aromatic nitrogens is 5. The number of piperidine rings is 1. The Hall–Kier alpha value is -3.60. The first-order valence-electron chi connectivity index (χ1n) is 11.0. The number of carbonyl (C=O) groups excluding carboxylic acids is 1. The number of hydrazone groups is 1. The molecule has 0 aliphatic carbocycles. The minimum Gasteiger partial charge on any atom is -0.378 e. The molecule has 1 aliphatic heterocycles. The van der Waals surface area contributed by atoms with E-state index < -0.39 is 5.91 Å². The van der Waals surface area contributed by atoms with Crippen LogP contribution in [0.25, 0.3) is 5.82 Å². The van der Waals surface area contributed by atoms with Crippen molar-refractivity contribution in [3.05, 3.63) is 45.8 Å². The summed E-state index contributed by atoms with van der Waals surface area (Å²) < 4.78 is 6.15. The molecule has 1 aromatic carbocycles. The van der Waals surface area contributed by atoms with E-state index in [0.717, 1.165) is 36.1 Å². The minimum absolute atomic E-state index is 0.0724. The number of aryl methyl sites for hydroxylation is 3. The number of amides is 1. The molecular weight excluding hydrogens is 422 g/mol. The molecule has 3 heterocycles. The summed E-state index contributed by atoms with van der Waals surface area (Å²) in [6.07, 6.45) is 5.03. The third-order valence-corrected chi connectivity index (χ3v) is 6.07. The van der Waals surface area contributed by atoms with Crippen molar-refractivity contribution < 1.29 is 9.42 Å². The monoisotopic (exact) mass is 451 g/mol. The summed E-state index contributed by atoms with van der Waals surface area (Å²) in [7, 11) is 0. The van der Waals surface area contributed by atoms with E-state index in [1.54, 1.807) is 6.21 Å². The molecule has 1 amide bonds. The summed E-state index contributed by atoms with van der Waals surface area (Å²) in [5, 5.41) is 19.9. The highest BCUT2D eigenvalue weighted by atomic mass is 16.6. The predicted molar refractivity (Wildman–Crippen MR) is 123 cm³/mol. The third kappa shape index (κ3) is 4.77. The molecule has 1 atom stereocenters. The van der Waals surface area contributed by atoms with Crippen LogP contribution in [0.1, 0.15) is 64.6 Å². The number of hydrogen-bond donors (Lipinski definition) is 2. The van der Waals surface area contributed by atoms with Crippen molar-refractivity contribution in [2.45, 2.75) is 59.5 Å². The lowest BCUT2D eigenvalue weighted by Gasteiger charge is -2.33. The van der Waals surface area contributed by atoms with Gasteiger partial charge >= 0.3 is 0 Å². The number of likely N-dealkylation sites (tertiary alicyclic amines) is 1. The lowest BCUT2D eigenvalue weighted by atomic mass is 10.0. The van der Waals surface area contributed by atoms with Crippen molar-refractivity contribution in [3.8, 4) is 5.82 Å². The lowest BCUT2D eigenvalue weighted by Crippen LogP contribution is -2.38. The van der Waals surface area contributed by atoms with E-state index in [1.165, 1.54) is 16.7 Å². The number of benzene rings is 1. The average molecular weight is 452 g/mol. The number of carbonyl (C=O) groups is 1. The molecule has 1 unspecified atom stereocenters. The van der Waals surface area contributed by atoms with Gasteiger partial charge in [-0.2, -0.15) is 9.78 Å². The quantitative estimate of drug-likeness (QED) is 0.430. The van der Waals surface area contributed by atoms with Crippen LogP contribution in [0.5, 0.6) is 0 Å². The maximum Gasteiger partial charge on any atom is 0.293 e. The molecule has 11 nitrogen and oxygen atoms in total. The smallest absolute Gasteiger partial charge is 0.293 e. The van der Waals surface area contributed by atoms with Crippen LogP contribution in [0.3, 0.4) is 0 Å². The summed E-state index contributed by atoms with van der Waals surface area (Å²) in [5.41, 5.74) is 13.5. The zero-order chi connectivity index (χ0) is 23.5. The van der Waals surface area contributed by atoms with Crippen LogP contribution < -0.4 is 11.2 Å². The molecule has 3 N–H and O–H groups in total. The van der Waals surface area contributed by atoms with Crippen LogP contribution in [-0.2, 0) is 6.54 Å². The minimum atomic E-state index is -0.463. The van der Waals surface area contributed by atoms with Gasteiger partial charge in [0.25, 0.3) is 5.91 Å². The van der Waals surface area contributed by atoms with Gasteiger partial charge in [0.1, 0.15) is 0 Å². The van der Waals surface area contributed by atoms with E-state index in [1.807, 2.05) is 20.8 Å². The fraction of sp³-hybridized carbons (Fsp3) is 0.455. The van der Waals surface area contributed by atoms with Crippen molar-refractivity contribution in [3.63, 3.8) is 0 Å². The number of nitrogens with zero attached hydrogens (tertiary/aromatic N) is 7. The third-order valence-electron chi connectivity index (χ3n) is 6.07. The largest absolute Gasteiger partial charge is 0.378 e. The summed E-state index contributed by atoms with van der Waals surface area (Å²) in [4.78, 5) is 15.3. The number of nitrogen functional groups attached to an aromatic ring is 1. The Labute approximate surface area is 192 Å². The normalized spacial score (nSPS) is 17.0. The number of nitrogens with two attached hydrogens (primary N) is 1. The molecule has 174 valence electrons. The Kier molecular flexibility index (Phi) is 6.50. The predicted octanol–water partition coefficient (Wildman–Crippen LogP) is 2.30. The van der Waals surface area contributed by atoms with Crippen LogP contribution in [0.2, 0.25) is 0 Å². The van der Waals surface area contributed by atoms with Gasteiger partial charge in [-0.1, -0.05) is 29.3 Å². The van der Waals surface area contributed by atoms with Gasteiger partial charge in [-0.05, 0) is 68.5 Å². The summed E-state index contributed by atoms with van der Waals surface area (Å²) >= 11 is 0. The van der Waals surface area contributed by atoms with Gasteiger partial charge in [-0.3, -0.25) is 9.69 Å². The van der Waals surface area contributed by atoms with Crippen molar-refractivity contribution in [2.75, 3.05) is 12.3 Å². The average Bonchev–Trinajstić information content (AvgIpc) is 3.37. The highest BCUT2D eigenvalue weighted by molar-refractivity contribution is 5.94. The van der Waals surface area contributed by atoms with Gasteiger partial charge in [0.15, 0.2) is 5.69 Å². The Bertz CT molecular complexity index is 1160. The highest BCUT2D eigenvalue weighted by Crippen LogP contribution is 2.23. The van der Waals surface area contributed by atoms with Crippen LogP contribution in [0.4, 0.5) is 5.82 Å². The summed E-state index contributed by atoms with van der Waals surface area (Å²) in [6, 6.07) is 4.53. The Morgan fingerprint density at radius 3 is 2.70 bits per heavy atom. The number of hydrogen-bond acceptors (Lipinski definition) is 9. The molecule has 33 heavy (non-hydrogen) atoms. The van der Waals surface area contributed by atoms with Gasteiger partial charge in [0.05, 0.1) is 11.9 Å². The van der Waals surface area contributed by atoms with Crippen LogP contribution in [0, 0.1) is 20.8 Å². The Morgan fingerprint density at radius 2 is 2.03 bits per heavy atom. The fourth-order valence-corrected chi connectivity index (χ4v) is 4.32. The summed E-state index contributed by atoms with van der Waals surface area (Å²) in [6.45, 7) is 9.64. The fourth-order valence-electron chi connectivity index (χ4n) is 4.32. The lowest BCUT2D eigenvalue weighted by molar-refractivity contribution is 0.0945. The second kappa shape index (κ2) is 9.49. The first-order valence-corrected chi connectivity index (χ1v) is 11.0. The molecule has 0 spiro atoms. The van der Waals surface area contributed by atoms with Crippen molar-refractivity contribution in [1.29, 1.82) is 0 Å².